The summed E-state index contributed by atoms with van der Waals surface area (Å²) in [4.78, 5) is 15.2. The van der Waals surface area contributed by atoms with Crippen LogP contribution in [0.5, 0.6) is 5.88 Å². The first-order valence-electron chi connectivity index (χ1n) is 5.54. The van der Waals surface area contributed by atoms with Crippen LogP contribution in [0.3, 0.4) is 0 Å². The largest absolute Gasteiger partial charge is 0.471 e. The van der Waals surface area contributed by atoms with Crippen LogP contribution in [-0.2, 0) is 0 Å². The maximum absolute atomic E-state index is 13.6. The van der Waals surface area contributed by atoms with Crippen LogP contribution in [0.1, 0.15) is 16.8 Å². The standard InChI is InChI=1S/C11H13BrFN3O2/c12-6-3-7(10(14)17)11(16-4-6)18-9-1-2-15-5-8(9)13/h3-4,8-9,15H,1-2,5H2,(H2,14,17)/t8-,9-/m1/s1. The Labute approximate surface area is 112 Å². The zero-order valence-electron chi connectivity index (χ0n) is 9.53. The van der Waals surface area contributed by atoms with Crippen molar-refractivity contribution in [3.05, 3.63) is 22.3 Å². The van der Waals surface area contributed by atoms with Crippen LogP contribution in [0.4, 0.5) is 4.39 Å². The lowest BCUT2D eigenvalue weighted by Crippen LogP contribution is -2.44. The molecule has 7 heteroatoms. The number of carbonyl (C=O) groups excluding carboxylic acids is 1. The van der Waals surface area contributed by atoms with Crippen LogP contribution >= 0.6 is 15.9 Å². The summed E-state index contributed by atoms with van der Waals surface area (Å²) in [6.45, 7) is 0.917. The van der Waals surface area contributed by atoms with Crippen LogP contribution in [0.25, 0.3) is 0 Å². The van der Waals surface area contributed by atoms with Crippen molar-refractivity contribution in [2.45, 2.75) is 18.7 Å². The minimum atomic E-state index is -1.12. The highest BCUT2D eigenvalue weighted by molar-refractivity contribution is 9.10. The second-order valence-corrected chi connectivity index (χ2v) is 4.95. The Balaban J connectivity index is 2.20. The number of pyridine rings is 1. The van der Waals surface area contributed by atoms with E-state index in [1.54, 1.807) is 0 Å². The zero-order chi connectivity index (χ0) is 13.1. The molecule has 18 heavy (non-hydrogen) atoms. The monoisotopic (exact) mass is 317 g/mol. The Hall–Kier alpha value is -1.21. The summed E-state index contributed by atoms with van der Waals surface area (Å²) in [5.41, 5.74) is 5.39. The van der Waals surface area contributed by atoms with Crippen molar-refractivity contribution in [2.75, 3.05) is 13.1 Å². The molecule has 2 atom stereocenters. The van der Waals surface area contributed by atoms with Crippen LogP contribution in [0.15, 0.2) is 16.7 Å². The molecule has 0 spiro atoms. The number of amides is 1. The minimum Gasteiger partial charge on any atom is -0.471 e. The zero-order valence-corrected chi connectivity index (χ0v) is 11.1. The van der Waals surface area contributed by atoms with Gasteiger partial charge >= 0.3 is 0 Å². The molecule has 1 saturated heterocycles. The van der Waals surface area contributed by atoms with Gasteiger partial charge < -0.3 is 15.8 Å². The molecule has 0 unspecified atom stereocenters. The number of piperidine rings is 1. The van der Waals surface area contributed by atoms with Gasteiger partial charge in [-0.25, -0.2) is 9.37 Å². The molecule has 5 nitrogen and oxygen atoms in total. The Morgan fingerprint density at radius 1 is 1.67 bits per heavy atom. The lowest BCUT2D eigenvalue weighted by molar-refractivity contribution is 0.0676. The highest BCUT2D eigenvalue weighted by atomic mass is 79.9. The number of nitrogens with two attached hydrogens (primary N) is 1. The molecule has 2 rings (SSSR count). The highest BCUT2D eigenvalue weighted by Gasteiger charge is 2.28. The minimum absolute atomic E-state index is 0.0836. The van der Waals surface area contributed by atoms with E-state index < -0.39 is 18.2 Å². The molecule has 0 aliphatic carbocycles. The van der Waals surface area contributed by atoms with Gasteiger partial charge in [0.25, 0.3) is 5.91 Å². The average molecular weight is 318 g/mol. The van der Waals surface area contributed by atoms with Gasteiger partial charge in [-0.3, -0.25) is 4.79 Å². The van der Waals surface area contributed by atoms with Crippen molar-refractivity contribution in [1.29, 1.82) is 0 Å². The third-order valence-corrected chi connectivity index (χ3v) is 3.13. The summed E-state index contributed by atoms with van der Waals surface area (Å²) < 4.78 is 19.7. The van der Waals surface area contributed by atoms with Crippen molar-refractivity contribution in [1.82, 2.24) is 10.3 Å². The number of primary amides is 1. The van der Waals surface area contributed by atoms with Gasteiger partial charge in [-0.15, -0.1) is 0 Å². The van der Waals surface area contributed by atoms with E-state index in [0.717, 1.165) is 0 Å². The van der Waals surface area contributed by atoms with Crippen LogP contribution < -0.4 is 15.8 Å². The molecule has 0 aromatic carbocycles. The number of halogens is 2. The van der Waals surface area contributed by atoms with Crippen molar-refractivity contribution in [3.8, 4) is 5.88 Å². The van der Waals surface area contributed by atoms with Gasteiger partial charge in [0.15, 0.2) is 0 Å². The van der Waals surface area contributed by atoms with Crippen LogP contribution in [0.2, 0.25) is 0 Å². The lowest BCUT2D eigenvalue weighted by Gasteiger charge is -2.27. The molecule has 0 bridgehead atoms. The summed E-state index contributed by atoms with van der Waals surface area (Å²) in [6, 6.07) is 1.51. The van der Waals surface area contributed by atoms with E-state index in [1.807, 2.05) is 0 Å². The number of carbonyl (C=O) groups is 1. The van der Waals surface area contributed by atoms with Gasteiger partial charge in [0.05, 0.1) is 0 Å². The molecule has 0 saturated carbocycles. The maximum atomic E-state index is 13.6. The van der Waals surface area contributed by atoms with E-state index in [2.05, 4.69) is 26.2 Å². The molecule has 1 aromatic heterocycles. The molecule has 1 aliphatic rings. The third kappa shape index (κ3) is 2.97. The molecule has 2 heterocycles. The molecular weight excluding hydrogens is 305 g/mol. The second-order valence-electron chi connectivity index (χ2n) is 4.04. The molecule has 98 valence electrons. The molecule has 0 radical (unpaired) electrons. The smallest absolute Gasteiger partial charge is 0.254 e. The van der Waals surface area contributed by atoms with Crippen molar-refractivity contribution in [2.24, 2.45) is 5.73 Å². The maximum Gasteiger partial charge on any atom is 0.254 e. The normalized spacial score (nSPS) is 23.7. The number of alkyl halides is 1. The van der Waals surface area contributed by atoms with Gasteiger partial charge in [0.2, 0.25) is 5.88 Å². The molecule has 1 fully saturated rings. The van der Waals surface area contributed by atoms with Gasteiger partial charge in [0.1, 0.15) is 17.8 Å². The molecule has 1 aliphatic heterocycles. The first kappa shape index (κ1) is 13.2. The van der Waals surface area contributed by atoms with E-state index in [1.165, 1.54) is 12.3 Å². The third-order valence-electron chi connectivity index (χ3n) is 2.69. The fourth-order valence-electron chi connectivity index (χ4n) is 1.77. The Bertz CT molecular complexity index is 458. The summed E-state index contributed by atoms with van der Waals surface area (Å²) in [6.07, 6.45) is 0.288. The summed E-state index contributed by atoms with van der Waals surface area (Å²) >= 11 is 3.19. The molecule has 1 amide bonds. The van der Waals surface area contributed by atoms with E-state index in [-0.39, 0.29) is 18.0 Å². The van der Waals surface area contributed by atoms with Gasteiger partial charge in [0, 0.05) is 17.2 Å². The number of ether oxygens (including phenoxy) is 1. The fraction of sp³-hybridized carbons (Fsp3) is 0.455. The Morgan fingerprint density at radius 2 is 2.44 bits per heavy atom. The topological polar surface area (TPSA) is 77.2 Å². The van der Waals surface area contributed by atoms with Crippen molar-refractivity contribution >= 4 is 21.8 Å². The number of hydrogen-bond acceptors (Lipinski definition) is 4. The lowest BCUT2D eigenvalue weighted by atomic mass is 10.1. The quantitative estimate of drug-likeness (QED) is 0.872. The van der Waals surface area contributed by atoms with Crippen molar-refractivity contribution < 1.29 is 13.9 Å². The van der Waals surface area contributed by atoms with E-state index >= 15 is 0 Å². The second kappa shape index (κ2) is 5.62. The van der Waals surface area contributed by atoms with E-state index in [0.29, 0.717) is 17.4 Å². The van der Waals surface area contributed by atoms with E-state index in [9.17, 15) is 9.18 Å². The first-order valence-corrected chi connectivity index (χ1v) is 6.34. The Kier molecular flexibility index (Phi) is 4.13. The van der Waals surface area contributed by atoms with E-state index in [4.69, 9.17) is 10.5 Å². The molecule has 3 N–H and O–H groups in total. The number of aromatic nitrogens is 1. The van der Waals surface area contributed by atoms with Crippen LogP contribution in [-0.4, -0.2) is 36.3 Å². The number of rotatable bonds is 3. The number of nitrogens with one attached hydrogen (secondary N) is 1. The van der Waals surface area contributed by atoms with Crippen molar-refractivity contribution in [3.63, 3.8) is 0 Å². The number of nitrogens with zero attached hydrogens (tertiary/aromatic N) is 1. The van der Waals surface area contributed by atoms with Gasteiger partial charge in [-0.1, -0.05) is 0 Å². The predicted octanol–water partition coefficient (Wildman–Crippen LogP) is 1.02. The molecule has 1 aromatic rings. The summed E-state index contributed by atoms with van der Waals surface area (Å²) in [5, 5.41) is 2.92. The fourth-order valence-corrected chi connectivity index (χ4v) is 2.10. The predicted molar refractivity (Wildman–Crippen MR) is 67.3 cm³/mol. The molecular formula is C11H13BrFN3O2. The number of hydrogen-bond donors (Lipinski definition) is 2. The average Bonchev–Trinajstić information content (AvgIpc) is 2.34. The summed E-state index contributed by atoms with van der Waals surface area (Å²) in [5.74, 6) is -0.566. The Morgan fingerprint density at radius 3 is 3.11 bits per heavy atom. The summed E-state index contributed by atoms with van der Waals surface area (Å²) in [7, 11) is 0. The SMILES string of the molecule is NC(=O)c1cc(Br)cnc1O[C@@H]1CCNC[C@H]1F. The van der Waals surface area contributed by atoms with Crippen LogP contribution in [0, 0.1) is 0 Å². The first-order chi connectivity index (χ1) is 8.58. The highest BCUT2D eigenvalue weighted by Crippen LogP contribution is 2.23. The van der Waals surface area contributed by atoms with Gasteiger partial charge in [-0.2, -0.15) is 0 Å². The van der Waals surface area contributed by atoms with Gasteiger partial charge in [-0.05, 0) is 35.0 Å².